The molecule has 0 aliphatic heterocycles. The number of carbonyl (C=O) groups is 1. The van der Waals surface area contributed by atoms with Gasteiger partial charge in [0.2, 0.25) is 0 Å². The number of rotatable bonds is 4. The largest absolute Gasteiger partial charge is 0.495 e. The zero-order valence-electron chi connectivity index (χ0n) is 11.5. The standard InChI is InChI=1S/C13H14ClN5O2/c1-7-5-10(11(21-2)6-8(7)14)16-13(20)9-3-4-12(17-15)19-18-9/h3-6H,15H2,1-2H3,(H,16,20)(H,17,19). The fourth-order valence-corrected chi connectivity index (χ4v) is 1.80. The van der Waals surface area contributed by atoms with E-state index in [1.54, 1.807) is 18.2 Å². The lowest BCUT2D eigenvalue weighted by Crippen LogP contribution is -2.16. The van der Waals surface area contributed by atoms with Crippen molar-refractivity contribution in [3.63, 3.8) is 0 Å². The molecule has 8 heteroatoms. The van der Waals surface area contributed by atoms with E-state index < -0.39 is 5.91 Å². The average molecular weight is 308 g/mol. The van der Waals surface area contributed by atoms with Crippen molar-refractivity contribution in [3.8, 4) is 5.75 Å². The van der Waals surface area contributed by atoms with Crippen molar-refractivity contribution in [3.05, 3.63) is 40.5 Å². The van der Waals surface area contributed by atoms with Crippen LogP contribution in [0.2, 0.25) is 5.02 Å². The molecule has 2 rings (SSSR count). The molecular formula is C13H14ClN5O2. The molecule has 1 aromatic heterocycles. The third-order valence-corrected chi connectivity index (χ3v) is 3.18. The van der Waals surface area contributed by atoms with Gasteiger partial charge in [-0.15, -0.1) is 10.2 Å². The molecule has 0 aliphatic rings. The first-order valence-electron chi connectivity index (χ1n) is 6.01. The molecule has 0 unspecified atom stereocenters. The van der Waals surface area contributed by atoms with Crippen LogP contribution in [0.25, 0.3) is 0 Å². The van der Waals surface area contributed by atoms with E-state index in [9.17, 15) is 4.79 Å². The summed E-state index contributed by atoms with van der Waals surface area (Å²) >= 11 is 6.02. The zero-order valence-corrected chi connectivity index (χ0v) is 12.2. The molecule has 7 nitrogen and oxygen atoms in total. The Labute approximate surface area is 126 Å². The van der Waals surface area contributed by atoms with E-state index in [0.717, 1.165) is 5.56 Å². The van der Waals surface area contributed by atoms with Gasteiger partial charge in [0.25, 0.3) is 5.91 Å². The Morgan fingerprint density at radius 2 is 2.10 bits per heavy atom. The maximum Gasteiger partial charge on any atom is 0.276 e. The number of ether oxygens (including phenoxy) is 1. The summed E-state index contributed by atoms with van der Waals surface area (Å²) in [6, 6.07) is 6.42. The number of nitrogens with zero attached hydrogens (tertiary/aromatic N) is 2. The van der Waals surface area contributed by atoms with Crippen LogP contribution in [0, 0.1) is 6.92 Å². The molecule has 1 heterocycles. The second-order valence-corrected chi connectivity index (χ2v) is 4.61. The molecular weight excluding hydrogens is 294 g/mol. The number of benzene rings is 1. The van der Waals surface area contributed by atoms with Crippen molar-refractivity contribution in [2.24, 2.45) is 5.84 Å². The van der Waals surface area contributed by atoms with Crippen LogP contribution in [0.3, 0.4) is 0 Å². The van der Waals surface area contributed by atoms with Crippen molar-refractivity contribution in [1.82, 2.24) is 10.2 Å². The zero-order chi connectivity index (χ0) is 15.4. The monoisotopic (exact) mass is 307 g/mol. The number of nitrogens with one attached hydrogen (secondary N) is 2. The van der Waals surface area contributed by atoms with Crippen molar-refractivity contribution < 1.29 is 9.53 Å². The van der Waals surface area contributed by atoms with Crippen LogP contribution >= 0.6 is 11.6 Å². The Hall–Kier alpha value is -2.38. The minimum absolute atomic E-state index is 0.156. The highest BCUT2D eigenvalue weighted by atomic mass is 35.5. The third kappa shape index (κ3) is 3.39. The number of hydrogen-bond acceptors (Lipinski definition) is 6. The first-order chi connectivity index (χ1) is 10.0. The Morgan fingerprint density at radius 3 is 2.67 bits per heavy atom. The van der Waals surface area contributed by atoms with Crippen LogP contribution in [-0.4, -0.2) is 23.2 Å². The molecule has 0 spiro atoms. The number of hydrogen-bond donors (Lipinski definition) is 3. The van der Waals surface area contributed by atoms with Gasteiger partial charge in [-0.1, -0.05) is 11.6 Å². The maximum atomic E-state index is 12.1. The molecule has 0 atom stereocenters. The lowest BCUT2D eigenvalue weighted by molar-refractivity contribution is 0.102. The van der Waals surface area contributed by atoms with Crippen molar-refractivity contribution in [2.45, 2.75) is 6.92 Å². The average Bonchev–Trinajstić information content (AvgIpc) is 2.50. The maximum absolute atomic E-state index is 12.1. The third-order valence-electron chi connectivity index (χ3n) is 2.77. The summed E-state index contributed by atoms with van der Waals surface area (Å²) in [6.07, 6.45) is 0. The lowest BCUT2D eigenvalue weighted by Gasteiger charge is -2.12. The van der Waals surface area contributed by atoms with Crippen LogP contribution in [0.5, 0.6) is 5.75 Å². The van der Waals surface area contributed by atoms with E-state index in [1.807, 2.05) is 6.92 Å². The van der Waals surface area contributed by atoms with Gasteiger partial charge in [0.15, 0.2) is 11.5 Å². The molecule has 0 bridgehead atoms. The van der Waals surface area contributed by atoms with Crippen LogP contribution in [0.1, 0.15) is 16.1 Å². The Bertz CT molecular complexity index is 660. The topological polar surface area (TPSA) is 102 Å². The summed E-state index contributed by atoms with van der Waals surface area (Å²) in [4.78, 5) is 12.1. The summed E-state index contributed by atoms with van der Waals surface area (Å²) < 4.78 is 5.19. The fourth-order valence-electron chi connectivity index (χ4n) is 1.65. The number of carbonyl (C=O) groups excluding carboxylic acids is 1. The highest BCUT2D eigenvalue weighted by Crippen LogP contribution is 2.31. The number of nitrogens with two attached hydrogens (primary N) is 1. The molecule has 4 N–H and O–H groups in total. The van der Waals surface area contributed by atoms with Gasteiger partial charge in [0.1, 0.15) is 5.75 Å². The summed E-state index contributed by atoms with van der Waals surface area (Å²) in [5, 5.41) is 10.8. The quantitative estimate of drug-likeness (QED) is 0.589. The Balaban J connectivity index is 2.24. The minimum Gasteiger partial charge on any atom is -0.495 e. The molecule has 1 amide bonds. The van der Waals surface area contributed by atoms with Crippen LogP contribution in [-0.2, 0) is 0 Å². The van der Waals surface area contributed by atoms with Crippen molar-refractivity contribution in [2.75, 3.05) is 17.9 Å². The highest BCUT2D eigenvalue weighted by Gasteiger charge is 2.13. The molecule has 0 saturated heterocycles. The number of aromatic nitrogens is 2. The summed E-state index contributed by atoms with van der Waals surface area (Å²) in [5.41, 5.74) is 3.82. The predicted octanol–water partition coefficient (Wildman–Crippen LogP) is 1.98. The Morgan fingerprint density at radius 1 is 1.33 bits per heavy atom. The fraction of sp³-hybridized carbons (Fsp3) is 0.154. The van der Waals surface area contributed by atoms with Gasteiger partial charge in [-0.2, -0.15) is 0 Å². The molecule has 2 aromatic rings. The normalized spacial score (nSPS) is 10.1. The van der Waals surface area contributed by atoms with Gasteiger partial charge >= 0.3 is 0 Å². The Kier molecular flexibility index (Phi) is 4.56. The van der Waals surface area contributed by atoms with Crippen molar-refractivity contribution in [1.29, 1.82) is 0 Å². The van der Waals surface area contributed by atoms with E-state index in [-0.39, 0.29) is 5.69 Å². The second kappa shape index (κ2) is 6.38. The smallest absolute Gasteiger partial charge is 0.276 e. The summed E-state index contributed by atoms with van der Waals surface area (Å²) in [6.45, 7) is 1.83. The van der Waals surface area contributed by atoms with E-state index >= 15 is 0 Å². The highest BCUT2D eigenvalue weighted by molar-refractivity contribution is 6.31. The number of amides is 1. The van der Waals surface area contributed by atoms with E-state index in [4.69, 9.17) is 22.2 Å². The SMILES string of the molecule is COc1cc(Cl)c(C)cc1NC(=O)c1ccc(NN)nn1. The molecule has 0 saturated carbocycles. The molecule has 0 fully saturated rings. The van der Waals surface area contributed by atoms with Gasteiger partial charge < -0.3 is 15.5 Å². The number of methoxy groups -OCH3 is 1. The number of hydrazine groups is 1. The summed E-state index contributed by atoms with van der Waals surface area (Å²) in [7, 11) is 1.50. The molecule has 0 radical (unpaired) electrons. The minimum atomic E-state index is -0.411. The molecule has 110 valence electrons. The van der Waals surface area contributed by atoms with Gasteiger partial charge in [-0.05, 0) is 30.7 Å². The van der Waals surface area contributed by atoms with E-state index in [2.05, 4.69) is 20.9 Å². The summed E-state index contributed by atoms with van der Waals surface area (Å²) in [5.74, 6) is 5.61. The first-order valence-corrected chi connectivity index (χ1v) is 6.38. The molecule has 21 heavy (non-hydrogen) atoms. The molecule has 1 aromatic carbocycles. The molecule has 0 aliphatic carbocycles. The van der Waals surface area contributed by atoms with Crippen LogP contribution in [0.4, 0.5) is 11.5 Å². The van der Waals surface area contributed by atoms with Gasteiger partial charge in [0, 0.05) is 11.1 Å². The first kappa shape index (κ1) is 15.0. The van der Waals surface area contributed by atoms with E-state index in [1.165, 1.54) is 13.2 Å². The number of nitrogen functional groups attached to an aromatic ring is 1. The van der Waals surface area contributed by atoms with Gasteiger partial charge in [0.05, 0.1) is 12.8 Å². The van der Waals surface area contributed by atoms with Gasteiger partial charge in [-0.3, -0.25) is 4.79 Å². The van der Waals surface area contributed by atoms with Gasteiger partial charge in [-0.25, -0.2) is 5.84 Å². The van der Waals surface area contributed by atoms with Crippen molar-refractivity contribution >= 4 is 29.0 Å². The van der Waals surface area contributed by atoms with E-state index in [0.29, 0.717) is 22.3 Å². The van der Waals surface area contributed by atoms with Crippen LogP contribution in [0.15, 0.2) is 24.3 Å². The predicted molar refractivity (Wildman–Crippen MR) is 80.5 cm³/mol. The number of aryl methyl sites for hydroxylation is 1. The number of anilines is 2. The second-order valence-electron chi connectivity index (χ2n) is 4.20. The number of halogens is 1. The lowest BCUT2D eigenvalue weighted by atomic mass is 10.2. The van der Waals surface area contributed by atoms with Crippen LogP contribution < -0.4 is 21.3 Å².